The standard InChI is InChI=1S/C75H103N9O21/c1-15-16-26-33-88-73-59(79-82-76)41(3)63(56(98-73)37-89-50(12)85)102-71-45(7)66(93-35-54-29-22-18-23-30-54)68(48(10)96-71)105-75-61(81-84-78)43(5)65(58(100-75)39-91-52(14)87)103-72-46(8)67(94-36-55-31-24-19-25-32-55)69(49(11)97-72)104-74-60(80-83-77)42(4)64(57(99-74)38-90-51(13)86)101-70-44(6)62(40(2)47(9)95-70)92-34-53-27-20-17-21-28-53/h1,17-25,27-32,40-49,56-75H,16,26,33-39H2,2-14H3/t40-,41+,42+,43+,44?,45?,46?,47?,48?,49?,56?,57?,58?,59?,60?,61?,62+,63+,64+,65+,66-,67-,68-,69-,70-,71-,72-,73?,74-,75-/m0/s1. The third kappa shape index (κ3) is 21.4. The molecule has 6 aliphatic heterocycles. The summed E-state index contributed by atoms with van der Waals surface area (Å²) in [5.41, 5.74) is 33.2. The van der Waals surface area contributed by atoms with Crippen molar-refractivity contribution >= 4 is 17.9 Å². The SMILES string of the molecule is C#CCCCOC1OC(COC(C)=O)[C@H](O[C@@H]2OC(C)[C@H](O[C@@H]3OC(COC(C)=O)[C@H](O[C@@H]4OC(C)[C@H](O[C@@H]5OC(COC(C)=O)[C@H](O[C@@H]6OC(C)[C@H](C)[C@@H](OCc7ccccc7)C6C)[C@H](C)C5N=[N+]=[N-])[C@@H](OCc5ccccc5)C4C)[C@H](C)C3N=[N+]=[N-])[C@@H](OCc3ccccc3)C2C)[C@H](C)C1N=[N+]=[N-]. The summed E-state index contributed by atoms with van der Waals surface area (Å²) in [4.78, 5) is 47.4. The number of hydrogen-bond donors (Lipinski definition) is 0. The van der Waals surface area contributed by atoms with Crippen LogP contribution in [-0.2, 0) is 119 Å². The predicted octanol–water partition coefficient (Wildman–Crippen LogP) is 11.7. The third-order valence-corrected chi connectivity index (χ3v) is 20.7. The van der Waals surface area contributed by atoms with Crippen LogP contribution in [0.15, 0.2) is 106 Å². The van der Waals surface area contributed by atoms with Crippen LogP contribution in [0.4, 0.5) is 0 Å². The zero-order chi connectivity index (χ0) is 75.4. The van der Waals surface area contributed by atoms with E-state index in [2.05, 4.69) is 42.9 Å². The zero-order valence-corrected chi connectivity index (χ0v) is 62.0. The summed E-state index contributed by atoms with van der Waals surface area (Å²) in [7, 11) is 0. The van der Waals surface area contributed by atoms with E-state index in [1.807, 2.05) is 139 Å². The van der Waals surface area contributed by atoms with Crippen LogP contribution in [0, 0.1) is 53.8 Å². The predicted molar refractivity (Wildman–Crippen MR) is 375 cm³/mol. The summed E-state index contributed by atoms with van der Waals surface area (Å²) in [5.74, 6) is -2.75. The minimum Gasteiger partial charge on any atom is -0.463 e. The second-order valence-corrected chi connectivity index (χ2v) is 28.2. The number of carbonyl (C=O) groups is 3. The van der Waals surface area contributed by atoms with Gasteiger partial charge in [-0.05, 0) is 78.2 Å². The Balaban J connectivity index is 0.963. The van der Waals surface area contributed by atoms with Gasteiger partial charge in [-0.1, -0.05) is 155 Å². The van der Waals surface area contributed by atoms with E-state index in [1.54, 1.807) is 13.8 Å². The normalized spacial score (nSPS) is 37.6. The molecule has 0 spiro atoms. The summed E-state index contributed by atoms with van der Waals surface area (Å²) < 4.78 is 119. The van der Waals surface area contributed by atoms with Crippen LogP contribution in [0.3, 0.4) is 0 Å². The van der Waals surface area contributed by atoms with Crippen LogP contribution in [0.2, 0.25) is 0 Å². The molecule has 30 heteroatoms. The van der Waals surface area contributed by atoms with Gasteiger partial charge in [0.1, 0.15) is 50.3 Å². The average molecular weight is 1470 g/mol. The van der Waals surface area contributed by atoms with Crippen LogP contribution in [-0.4, -0.2) is 186 Å². The molecule has 0 aliphatic carbocycles. The maximum atomic E-state index is 12.8. The lowest BCUT2D eigenvalue weighted by molar-refractivity contribution is -0.370. The molecule has 3 aromatic rings. The molecule has 0 amide bonds. The Morgan fingerprint density at radius 2 is 0.705 bits per heavy atom. The van der Waals surface area contributed by atoms with E-state index in [0.717, 1.165) is 16.7 Å². The van der Waals surface area contributed by atoms with Crippen molar-refractivity contribution < 1.29 is 99.6 Å². The zero-order valence-electron chi connectivity index (χ0n) is 62.0. The number of azide groups is 3. The Kier molecular flexibility index (Phi) is 31.0. The molecule has 13 unspecified atom stereocenters. The molecule has 6 fully saturated rings. The van der Waals surface area contributed by atoms with Crippen LogP contribution >= 0.6 is 0 Å². The lowest BCUT2D eigenvalue weighted by Crippen LogP contribution is -2.64. The Hall–Kier alpha value is -7.04. The molecule has 0 bridgehead atoms. The van der Waals surface area contributed by atoms with E-state index < -0.39 is 177 Å². The molecule has 574 valence electrons. The van der Waals surface area contributed by atoms with Gasteiger partial charge >= 0.3 is 17.9 Å². The van der Waals surface area contributed by atoms with Gasteiger partial charge in [0.25, 0.3) is 0 Å². The molecule has 30 atom stereocenters. The second-order valence-electron chi connectivity index (χ2n) is 28.2. The molecule has 30 nitrogen and oxygen atoms in total. The third-order valence-electron chi connectivity index (χ3n) is 20.7. The first kappa shape index (κ1) is 82.0. The number of rotatable bonds is 32. The van der Waals surface area contributed by atoms with Crippen LogP contribution < -0.4 is 0 Å². The maximum Gasteiger partial charge on any atom is 0.302 e. The first-order valence-electron chi connectivity index (χ1n) is 36.3. The van der Waals surface area contributed by atoms with Gasteiger partial charge in [-0.25, -0.2) is 0 Å². The van der Waals surface area contributed by atoms with Crippen molar-refractivity contribution in [3.63, 3.8) is 0 Å². The van der Waals surface area contributed by atoms with Gasteiger partial charge in [0.15, 0.2) is 37.7 Å². The highest BCUT2D eigenvalue weighted by molar-refractivity contribution is 5.66. The summed E-state index contributed by atoms with van der Waals surface area (Å²) in [6.07, 6.45) is -11.8. The van der Waals surface area contributed by atoms with Crippen molar-refractivity contribution in [2.45, 2.75) is 264 Å². The van der Waals surface area contributed by atoms with E-state index in [0.29, 0.717) is 19.4 Å². The molecule has 0 saturated carbocycles. The van der Waals surface area contributed by atoms with Gasteiger partial charge in [0.2, 0.25) is 0 Å². The number of nitrogens with zero attached hydrogens (tertiary/aromatic N) is 9. The van der Waals surface area contributed by atoms with E-state index in [-0.39, 0.29) is 63.7 Å². The molecule has 6 heterocycles. The number of terminal acetylenes is 1. The summed E-state index contributed by atoms with van der Waals surface area (Å²) in [6.45, 7) is 22.7. The molecular formula is C75H103N9O21. The van der Waals surface area contributed by atoms with Gasteiger partial charge in [0.05, 0.1) is 99.5 Å². The fourth-order valence-electron chi connectivity index (χ4n) is 14.7. The summed E-state index contributed by atoms with van der Waals surface area (Å²) in [5, 5.41) is 12.7. The van der Waals surface area contributed by atoms with E-state index in [9.17, 15) is 31.0 Å². The van der Waals surface area contributed by atoms with Crippen LogP contribution in [0.5, 0.6) is 0 Å². The molecule has 105 heavy (non-hydrogen) atoms. The smallest absolute Gasteiger partial charge is 0.302 e. The van der Waals surface area contributed by atoms with Gasteiger partial charge in [-0.3, -0.25) is 14.4 Å². The first-order valence-corrected chi connectivity index (χ1v) is 36.3. The minimum absolute atomic E-state index is 0.00216. The lowest BCUT2D eigenvalue weighted by Gasteiger charge is -2.52. The van der Waals surface area contributed by atoms with E-state index in [1.165, 1.54) is 20.8 Å². The Labute approximate surface area is 613 Å². The highest BCUT2D eigenvalue weighted by atomic mass is 16.8. The fourth-order valence-corrected chi connectivity index (χ4v) is 14.7. The Morgan fingerprint density at radius 3 is 1.05 bits per heavy atom. The lowest BCUT2D eigenvalue weighted by atomic mass is 9.85. The topological polar surface area (TPSA) is 364 Å². The Bertz CT molecular complexity index is 3430. The maximum absolute atomic E-state index is 12.8. The van der Waals surface area contributed by atoms with Crippen molar-refractivity contribution in [2.75, 3.05) is 26.4 Å². The average Bonchev–Trinajstić information content (AvgIpc) is 0.772. The number of hydrogen-bond acceptors (Lipinski definition) is 24. The molecule has 3 aromatic carbocycles. The highest BCUT2D eigenvalue weighted by Gasteiger charge is 2.57. The molecule has 0 radical (unpaired) electrons. The molecule has 6 aliphatic rings. The summed E-state index contributed by atoms with van der Waals surface area (Å²) >= 11 is 0. The largest absolute Gasteiger partial charge is 0.463 e. The fraction of sp³-hybridized carbons (Fsp3) is 0.693. The van der Waals surface area contributed by atoms with Gasteiger partial charge in [-0.2, -0.15) is 0 Å². The van der Waals surface area contributed by atoms with Gasteiger partial charge in [-0.15, -0.1) is 12.3 Å². The number of esters is 3. The Morgan fingerprint density at radius 1 is 0.390 bits per heavy atom. The minimum atomic E-state index is -1.34. The monoisotopic (exact) mass is 1470 g/mol. The van der Waals surface area contributed by atoms with Gasteiger partial charge in [0, 0.05) is 65.6 Å². The number of ether oxygens (including phenoxy) is 18. The number of unbranched alkanes of at least 4 members (excludes halogenated alkanes) is 1. The van der Waals surface area contributed by atoms with E-state index >= 15 is 0 Å². The van der Waals surface area contributed by atoms with Crippen molar-refractivity contribution in [3.8, 4) is 12.3 Å². The molecule has 0 aromatic heterocycles. The van der Waals surface area contributed by atoms with Gasteiger partial charge < -0.3 is 85.3 Å². The van der Waals surface area contributed by atoms with E-state index in [4.69, 9.17) is 91.7 Å². The highest BCUT2D eigenvalue weighted by Crippen LogP contribution is 2.44. The van der Waals surface area contributed by atoms with Crippen molar-refractivity contribution in [3.05, 3.63) is 139 Å². The molecule has 6 saturated heterocycles. The van der Waals surface area contributed by atoms with Crippen molar-refractivity contribution in [2.24, 2.45) is 56.8 Å². The van der Waals surface area contributed by atoms with Crippen LogP contribution in [0.25, 0.3) is 31.3 Å². The van der Waals surface area contributed by atoms with Crippen molar-refractivity contribution in [1.82, 2.24) is 0 Å². The second kappa shape index (κ2) is 39.7. The first-order chi connectivity index (χ1) is 50.5. The number of carbonyl (C=O) groups excluding carboxylic acids is 3. The quantitative estimate of drug-likeness (QED) is 0.0107. The number of benzene rings is 3. The molecular weight excluding hydrogens is 1360 g/mol. The van der Waals surface area contributed by atoms with Crippen LogP contribution in [0.1, 0.15) is 120 Å². The van der Waals surface area contributed by atoms with Crippen molar-refractivity contribution in [1.29, 1.82) is 0 Å². The summed E-state index contributed by atoms with van der Waals surface area (Å²) in [6, 6.07) is 25.9. The molecule has 0 N–H and O–H groups in total. The molecule has 9 rings (SSSR count).